The van der Waals surface area contributed by atoms with Gasteiger partial charge in [-0.2, -0.15) is 0 Å². The van der Waals surface area contributed by atoms with E-state index < -0.39 is 14.8 Å². The number of carbonyl (C=O) groups is 2. The van der Waals surface area contributed by atoms with E-state index in [9.17, 15) is 9.59 Å². The van der Waals surface area contributed by atoms with E-state index in [-0.39, 0.29) is 18.2 Å². The molecule has 0 spiro atoms. The van der Waals surface area contributed by atoms with Gasteiger partial charge in [-0.1, -0.05) is 0 Å². The summed E-state index contributed by atoms with van der Waals surface area (Å²) in [4.78, 5) is 23.2. The molecule has 0 saturated carbocycles. The number of hydrogen-bond donors (Lipinski definition) is 1. The van der Waals surface area contributed by atoms with E-state index in [1.807, 2.05) is 20.8 Å². The molecule has 7 nitrogen and oxygen atoms in total. The van der Waals surface area contributed by atoms with Crippen molar-refractivity contribution in [2.75, 3.05) is 33.0 Å². The second kappa shape index (κ2) is 13.5. The third kappa shape index (κ3) is 9.48. The summed E-state index contributed by atoms with van der Waals surface area (Å²) in [6.07, 6.45) is 0.785. The monoisotopic (exact) mass is 363 g/mol. The van der Waals surface area contributed by atoms with Gasteiger partial charge in [-0.05, 0) is 47.6 Å². The summed E-state index contributed by atoms with van der Waals surface area (Å²) in [7, 11) is -2.66. The third-order valence-electron chi connectivity index (χ3n) is 3.31. The molecular formula is C16H33NO6Si. The molecule has 1 N–H and O–H groups in total. The Morgan fingerprint density at radius 1 is 0.958 bits per heavy atom. The Morgan fingerprint density at radius 3 is 1.92 bits per heavy atom. The maximum atomic E-state index is 11.6. The quantitative estimate of drug-likeness (QED) is 0.270. The van der Waals surface area contributed by atoms with Gasteiger partial charge in [0.05, 0.1) is 19.1 Å². The number of esters is 1. The molecule has 1 atom stereocenters. The lowest BCUT2D eigenvalue weighted by Crippen LogP contribution is -2.47. The predicted octanol–water partition coefficient (Wildman–Crippen LogP) is 1.93. The Morgan fingerprint density at radius 2 is 1.50 bits per heavy atom. The first kappa shape index (κ1) is 23.2. The van der Waals surface area contributed by atoms with E-state index in [1.54, 1.807) is 6.92 Å². The van der Waals surface area contributed by atoms with Crippen molar-refractivity contribution in [3.05, 3.63) is 0 Å². The zero-order valence-corrected chi connectivity index (χ0v) is 16.7. The molecule has 0 aliphatic rings. The number of nitrogens with one attached hydrogen (secondary N) is 1. The standard InChI is InChI=1S/C16H33NO6Si/c1-6-20-16(19)13-15(14(5)18)17-11-10-12-24(21-7-2,22-8-3)23-9-4/h15,17H,6-13H2,1-5H3. The fourth-order valence-electron chi connectivity index (χ4n) is 2.33. The summed E-state index contributed by atoms with van der Waals surface area (Å²) < 4.78 is 22.3. The van der Waals surface area contributed by atoms with Crippen LogP contribution < -0.4 is 5.32 Å². The molecule has 0 amide bonds. The van der Waals surface area contributed by atoms with Gasteiger partial charge in [-0.25, -0.2) is 0 Å². The summed E-state index contributed by atoms with van der Waals surface area (Å²) in [6.45, 7) is 11.5. The van der Waals surface area contributed by atoms with Crippen LogP contribution >= 0.6 is 0 Å². The van der Waals surface area contributed by atoms with Crippen molar-refractivity contribution >= 4 is 20.6 Å². The minimum Gasteiger partial charge on any atom is -0.466 e. The molecule has 0 aromatic carbocycles. The van der Waals surface area contributed by atoms with Crippen LogP contribution in [0.4, 0.5) is 0 Å². The van der Waals surface area contributed by atoms with Crippen LogP contribution in [0.1, 0.15) is 47.5 Å². The van der Waals surface area contributed by atoms with Crippen molar-refractivity contribution in [3.63, 3.8) is 0 Å². The van der Waals surface area contributed by atoms with Crippen LogP contribution in [0.3, 0.4) is 0 Å². The van der Waals surface area contributed by atoms with Crippen LogP contribution in [0.15, 0.2) is 0 Å². The van der Waals surface area contributed by atoms with E-state index >= 15 is 0 Å². The lowest BCUT2D eigenvalue weighted by atomic mass is 10.1. The molecular weight excluding hydrogens is 330 g/mol. The van der Waals surface area contributed by atoms with Gasteiger partial charge >= 0.3 is 14.8 Å². The first-order valence-electron chi connectivity index (χ1n) is 8.75. The van der Waals surface area contributed by atoms with Gasteiger partial charge in [0.25, 0.3) is 0 Å². The van der Waals surface area contributed by atoms with Gasteiger partial charge in [0.1, 0.15) is 5.78 Å². The summed E-state index contributed by atoms with van der Waals surface area (Å²) in [5, 5.41) is 3.11. The average molecular weight is 364 g/mol. The van der Waals surface area contributed by atoms with Gasteiger partial charge in [-0.15, -0.1) is 0 Å². The number of ether oxygens (including phenoxy) is 1. The molecule has 1 unspecified atom stereocenters. The Hall–Kier alpha value is -0.803. The Labute approximate surface area is 146 Å². The summed E-state index contributed by atoms with van der Waals surface area (Å²) in [6, 6.07) is 0.144. The van der Waals surface area contributed by atoms with Crippen molar-refractivity contribution in [3.8, 4) is 0 Å². The van der Waals surface area contributed by atoms with Gasteiger partial charge in [0, 0.05) is 25.9 Å². The molecule has 0 fully saturated rings. The predicted molar refractivity (Wildman–Crippen MR) is 93.8 cm³/mol. The SMILES string of the molecule is CCOC(=O)CC(NCCC[Si](OCC)(OCC)OCC)C(C)=O. The smallest absolute Gasteiger partial charge is 0.466 e. The molecule has 0 saturated heterocycles. The highest BCUT2D eigenvalue weighted by Gasteiger charge is 2.39. The minimum atomic E-state index is -2.66. The van der Waals surface area contributed by atoms with Gasteiger partial charge in [-0.3, -0.25) is 9.59 Å². The number of rotatable bonds is 15. The molecule has 0 aliphatic carbocycles. The fraction of sp³-hybridized carbons (Fsp3) is 0.875. The van der Waals surface area contributed by atoms with Crippen LogP contribution in [0.25, 0.3) is 0 Å². The van der Waals surface area contributed by atoms with E-state index in [4.69, 9.17) is 18.0 Å². The van der Waals surface area contributed by atoms with Gasteiger partial charge in [0.15, 0.2) is 0 Å². The molecule has 24 heavy (non-hydrogen) atoms. The van der Waals surface area contributed by atoms with Crippen LogP contribution in [-0.4, -0.2) is 59.6 Å². The van der Waals surface area contributed by atoms with E-state index in [2.05, 4.69) is 5.32 Å². The van der Waals surface area contributed by atoms with Crippen molar-refractivity contribution in [1.82, 2.24) is 5.32 Å². The molecule has 0 heterocycles. The highest BCUT2D eigenvalue weighted by Crippen LogP contribution is 2.18. The molecule has 0 aromatic heterocycles. The summed E-state index contributed by atoms with van der Waals surface area (Å²) in [5.74, 6) is -0.446. The molecule has 0 aliphatic heterocycles. The Kier molecular flexibility index (Phi) is 13.0. The van der Waals surface area contributed by atoms with Crippen LogP contribution in [0, 0.1) is 0 Å². The Balaban J connectivity index is 4.45. The van der Waals surface area contributed by atoms with Crippen LogP contribution in [0.5, 0.6) is 0 Å². The molecule has 0 rings (SSSR count). The van der Waals surface area contributed by atoms with Gasteiger partial charge < -0.3 is 23.3 Å². The summed E-state index contributed by atoms with van der Waals surface area (Å²) >= 11 is 0. The molecule has 142 valence electrons. The molecule has 0 bridgehead atoms. The highest BCUT2D eigenvalue weighted by molar-refractivity contribution is 6.60. The lowest BCUT2D eigenvalue weighted by molar-refractivity contribution is -0.145. The zero-order valence-electron chi connectivity index (χ0n) is 15.7. The second-order valence-electron chi connectivity index (χ2n) is 5.21. The summed E-state index contributed by atoms with van der Waals surface area (Å²) in [5.41, 5.74) is 0. The number of hydrogen-bond acceptors (Lipinski definition) is 7. The zero-order chi connectivity index (χ0) is 18.4. The lowest BCUT2D eigenvalue weighted by Gasteiger charge is -2.28. The maximum Gasteiger partial charge on any atom is 0.500 e. The average Bonchev–Trinajstić information content (AvgIpc) is 2.51. The van der Waals surface area contributed by atoms with Crippen LogP contribution in [-0.2, 0) is 27.6 Å². The molecule has 0 radical (unpaired) electrons. The van der Waals surface area contributed by atoms with Crippen molar-refractivity contribution in [2.45, 2.75) is 59.5 Å². The Bertz CT molecular complexity index is 349. The third-order valence-corrected chi connectivity index (χ3v) is 6.46. The van der Waals surface area contributed by atoms with Crippen molar-refractivity contribution in [1.29, 1.82) is 0 Å². The van der Waals surface area contributed by atoms with E-state index in [1.165, 1.54) is 6.92 Å². The first-order valence-corrected chi connectivity index (χ1v) is 10.7. The maximum absolute atomic E-state index is 11.6. The van der Waals surface area contributed by atoms with E-state index in [0.29, 0.717) is 39.0 Å². The first-order chi connectivity index (χ1) is 11.4. The van der Waals surface area contributed by atoms with E-state index in [0.717, 1.165) is 6.42 Å². The van der Waals surface area contributed by atoms with Crippen molar-refractivity contribution < 1.29 is 27.6 Å². The van der Waals surface area contributed by atoms with Crippen LogP contribution in [0.2, 0.25) is 6.04 Å². The number of ketones is 1. The number of carbonyl (C=O) groups excluding carboxylic acids is 2. The minimum absolute atomic E-state index is 0.0497. The number of Topliss-reactive ketones (excluding diaryl/α,β-unsaturated/α-hetero) is 1. The van der Waals surface area contributed by atoms with Crippen molar-refractivity contribution in [2.24, 2.45) is 0 Å². The fourth-order valence-corrected chi connectivity index (χ4v) is 4.94. The largest absolute Gasteiger partial charge is 0.500 e. The van der Waals surface area contributed by atoms with Gasteiger partial charge in [0.2, 0.25) is 0 Å². The highest BCUT2D eigenvalue weighted by atomic mass is 28.4. The molecule has 0 aromatic rings. The molecule has 8 heteroatoms. The second-order valence-corrected chi connectivity index (χ2v) is 7.94. The normalized spacial score (nSPS) is 12.9. The topological polar surface area (TPSA) is 83.1 Å².